The Morgan fingerprint density at radius 1 is 1.00 bits per heavy atom. The average molecular weight is 341 g/mol. The van der Waals surface area contributed by atoms with Crippen molar-refractivity contribution in [1.29, 1.82) is 0 Å². The summed E-state index contributed by atoms with van der Waals surface area (Å²) < 4.78 is 13.6. The minimum Gasteiger partial charge on any atom is -0.465 e. The van der Waals surface area contributed by atoms with Gasteiger partial charge in [0.15, 0.2) is 0 Å². The van der Waals surface area contributed by atoms with Crippen LogP contribution in [0.4, 0.5) is 4.79 Å². The molecule has 0 bridgehead atoms. The number of nitrogens with one attached hydrogen (secondary N) is 1. The SMILES string of the molecule is COC(=O)NC(=O)CSc1cc(C(=O)OC)ccc1C(=O)OC. The molecule has 1 aromatic carbocycles. The summed E-state index contributed by atoms with van der Waals surface area (Å²) in [5, 5.41) is 1.98. The number of methoxy groups -OCH3 is 3. The molecular formula is C14H15NO7S. The molecule has 0 aliphatic heterocycles. The van der Waals surface area contributed by atoms with E-state index < -0.39 is 23.9 Å². The van der Waals surface area contributed by atoms with Gasteiger partial charge in [-0.2, -0.15) is 0 Å². The molecule has 0 saturated carbocycles. The van der Waals surface area contributed by atoms with Crippen molar-refractivity contribution in [2.24, 2.45) is 0 Å². The zero-order valence-electron chi connectivity index (χ0n) is 12.7. The number of esters is 2. The molecule has 0 unspecified atom stereocenters. The van der Waals surface area contributed by atoms with Crippen LogP contribution in [0.2, 0.25) is 0 Å². The van der Waals surface area contributed by atoms with Crippen molar-refractivity contribution in [3.05, 3.63) is 29.3 Å². The molecular weight excluding hydrogens is 326 g/mol. The van der Waals surface area contributed by atoms with E-state index in [1.54, 1.807) is 0 Å². The number of rotatable bonds is 5. The zero-order valence-corrected chi connectivity index (χ0v) is 13.5. The molecule has 0 aliphatic carbocycles. The zero-order chi connectivity index (χ0) is 17.4. The monoisotopic (exact) mass is 341 g/mol. The van der Waals surface area contributed by atoms with Gasteiger partial charge in [0.2, 0.25) is 5.91 Å². The van der Waals surface area contributed by atoms with E-state index in [-0.39, 0.29) is 16.9 Å². The Bertz CT molecular complexity index is 630. The van der Waals surface area contributed by atoms with Crippen LogP contribution in [0.1, 0.15) is 20.7 Å². The van der Waals surface area contributed by atoms with Gasteiger partial charge in [-0.25, -0.2) is 14.4 Å². The van der Waals surface area contributed by atoms with Gasteiger partial charge >= 0.3 is 18.0 Å². The Kier molecular flexibility index (Phi) is 7.07. The van der Waals surface area contributed by atoms with Gasteiger partial charge < -0.3 is 14.2 Å². The van der Waals surface area contributed by atoms with Crippen molar-refractivity contribution in [2.75, 3.05) is 27.1 Å². The third-order valence-corrected chi connectivity index (χ3v) is 3.65. The standard InChI is InChI=1S/C14H15NO7S/c1-20-12(17)8-4-5-9(13(18)21-2)10(6-8)23-7-11(16)15-14(19)22-3/h4-6H,7H2,1-3H3,(H,15,16,19). The second-order valence-corrected chi connectivity index (χ2v) is 5.04. The van der Waals surface area contributed by atoms with Gasteiger partial charge in [0, 0.05) is 4.90 Å². The van der Waals surface area contributed by atoms with E-state index in [0.29, 0.717) is 4.90 Å². The lowest BCUT2D eigenvalue weighted by molar-refractivity contribution is -0.117. The van der Waals surface area contributed by atoms with Crippen LogP contribution >= 0.6 is 11.8 Å². The number of alkyl carbamates (subject to hydrolysis) is 1. The van der Waals surface area contributed by atoms with Gasteiger partial charge in [-0.3, -0.25) is 10.1 Å². The van der Waals surface area contributed by atoms with E-state index in [9.17, 15) is 19.2 Å². The first-order chi connectivity index (χ1) is 10.9. The van der Waals surface area contributed by atoms with Gasteiger partial charge in [0.05, 0.1) is 38.2 Å². The highest BCUT2D eigenvalue weighted by atomic mass is 32.2. The van der Waals surface area contributed by atoms with Crippen molar-refractivity contribution in [3.63, 3.8) is 0 Å². The maximum absolute atomic E-state index is 11.7. The second-order valence-electron chi connectivity index (χ2n) is 4.02. The quantitative estimate of drug-likeness (QED) is 0.484. The number of carbonyl (C=O) groups excluding carboxylic acids is 4. The molecule has 1 aromatic rings. The van der Waals surface area contributed by atoms with E-state index in [2.05, 4.69) is 14.2 Å². The number of amides is 2. The molecule has 0 radical (unpaired) electrons. The first-order valence-corrected chi connectivity index (χ1v) is 7.22. The van der Waals surface area contributed by atoms with Crippen molar-refractivity contribution in [1.82, 2.24) is 5.32 Å². The van der Waals surface area contributed by atoms with Crippen molar-refractivity contribution < 1.29 is 33.4 Å². The molecule has 0 atom stereocenters. The van der Waals surface area contributed by atoms with E-state index in [1.807, 2.05) is 5.32 Å². The summed E-state index contributed by atoms with van der Waals surface area (Å²) in [7, 11) is 3.58. The summed E-state index contributed by atoms with van der Waals surface area (Å²) in [6, 6.07) is 4.23. The van der Waals surface area contributed by atoms with E-state index in [4.69, 9.17) is 0 Å². The van der Waals surface area contributed by atoms with Crippen LogP contribution in [-0.4, -0.2) is 51.0 Å². The molecule has 124 valence electrons. The van der Waals surface area contributed by atoms with E-state index >= 15 is 0 Å². The largest absolute Gasteiger partial charge is 0.465 e. The van der Waals surface area contributed by atoms with Gasteiger partial charge in [0.1, 0.15) is 0 Å². The highest BCUT2D eigenvalue weighted by Gasteiger charge is 2.17. The normalized spacial score (nSPS) is 9.70. The fourth-order valence-electron chi connectivity index (χ4n) is 1.51. The van der Waals surface area contributed by atoms with Crippen molar-refractivity contribution in [3.8, 4) is 0 Å². The number of hydrogen-bond donors (Lipinski definition) is 1. The van der Waals surface area contributed by atoms with Crippen LogP contribution in [0.5, 0.6) is 0 Å². The number of benzene rings is 1. The Hall–Kier alpha value is -2.55. The Balaban J connectivity index is 2.96. The molecule has 0 heterocycles. The number of imide groups is 1. The molecule has 0 aliphatic rings. The van der Waals surface area contributed by atoms with Crippen molar-refractivity contribution in [2.45, 2.75) is 4.90 Å². The number of carbonyl (C=O) groups is 4. The molecule has 1 N–H and O–H groups in total. The molecule has 0 saturated heterocycles. The predicted octanol–water partition coefficient (Wildman–Crippen LogP) is 1.23. The van der Waals surface area contributed by atoms with Crippen LogP contribution < -0.4 is 5.32 Å². The Labute approximate surface area is 136 Å². The average Bonchev–Trinajstić information content (AvgIpc) is 2.57. The van der Waals surface area contributed by atoms with Crippen LogP contribution in [0.15, 0.2) is 23.1 Å². The van der Waals surface area contributed by atoms with Gasteiger partial charge in [-0.1, -0.05) is 0 Å². The topological polar surface area (TPSA) is 108 Å². The summed E-state index contributed by atoms with van der Waals surface area (Å²) in [6.45, 7) is 0. The summed E-state index contributed by atoms with van der Waals surface area (Å²) in [5.74, 6) is -1.97. The minimum atomic E-state index is -0.882. The van der Waals surface area contributed by atoms with E-state index in [1.165, 1.54) is 32.4 Å². The summed E-state index contributed by atoms with van der Waals surface area (Å²) >= 11 is 0.965. The molecule has 0 spiro atoms. The fourth-order valence-corrected chi connectivity index (χ4v) is 2.39. The predicted molar refractivity (Wildman–Crippen MR) is 80.4 cm³/mol. The number of thioether (sulfide) groups is 1. The number of hydrogen-bond acceptors (Lipinski definition) is 8. The van der Waals surface area contributed by atoms with E-state index in [0.717, 1.165) is 18.9 Å². The minimum absolute atomic E-state index is 0.163. The lowest BCUT2D eigenvalue weighted by Crippen LogP contribution is -2.31. The van der Waals surface area contributed by atoms with Crippen molar-refractivity contribution >= 4 is 35.7 Å². The highest BCUT2D eigenvalue weighted by Crippen LogP contribution is 2.25. The lowest BCUT2D eigenvalue weighted by Gasteiger charge is -2.09. The molecule has 23 heavy (non-hydrogen) atoms. The van der Waals surface area contributed by atoms with Crippen LogP contribution in [0.3, 0.4) is 0 Å². The molecule has 9 heteroatoms. The third kappa shape index (κ3) is 5.29. The van der Waals surface area contributed by atoms with Crippen LogP contribution in [0, 0.1) is 0 Å². The highest BCUT2D eigenvalue weighted by molar-refractivity contribution is 8.00. The van der Waals surface area contributed by atoms with Gasteiger partial charge in [-0.15, -0.1) is 11.8 Å². The summed E-state index contributed by atoms with van der Waals surface area (Å²) in [5.41, 5.74) is 0.409. The first kappa shape index (κ1) is 18.5. The molecule has 0 fully saturated rings. The summed E-state index contributed by atoms with van der Waals surface area (Å²) in [6.07, 6.45) is -0.882. The molecule has 0 aromatic heterocycles. The second kappa shape index (κ2) is 8.79. The van der Waals surface area contributed by atoms with Gasteiger partial charge in [0.25, 0.3) is 0 Å². The van der Waals surface area contributed by atoms with Gasteiger partial charge in [-0.05, 0) is 18.2 Å². The molecule has 2 amide bonds. The lowest BCUT2D eigenvalue weighted by atomic mass is 10.1. The maximum Gasteiger partial charge on any atom is 0.413 e. The third-order valence-electron chi connectivity index (χ3n) is 2.59. The summed E-state index contributed by atoms with van der Waals surface area (Å²) in [4.78, 5) is 46.1. The Morgan fingerprint density at radius 3 is 2.22 bits per heavy atom. The van der Waals surface area contributed by atoms with Crippen LogP contribution in [0.25, 0.3) is 0 Å². The number of ether oxygens (including phenoxy) is 3. The molecule has 1 rings (SSSR count). The first-order valence-electron chi connectivity index (χ1n) is 6.24. The molecule has 8 nitrogen and oxygen atoms in total. The smallest absolute Gasteiger partial charge is 0.413 e. The van der Waals surface area contributed by atoms with Crippen LogP contribution in [-0.2, 0) is 19.0 Å². The fraction of sp³-hybridized carbons (Fsp3) is 0.286. The maximum atomic E-state index is 11.7. The Morgan fingerprint density at radius 2 is 1.65 bits per heavy atom.